The van der Waals surface area contributed by atoms with Gasteiger partial charge in [0.1, 0.15) is 0 Å². The molecule has 1 fully saturated rings. The van der Waals surface area contributed by atoms with Gasteiger partial charge in [-0.1, -0.05) is 37.3 Å². The number of aromatic nitrogens is 2. The van der Waals surface area contributed by atoms with Crippen LogP contribution in [0.1, 0.15) is 31.0 Å². The summed E-state index contributed by atoms with van der Waals surface area (Å²) in [5, 5.41) is 4.78. The van der Waals surface area contributed by atoms with E-state index < -0.39 is 0 Å². The molecule has 1 amide bonds. The molecule has 1 unspecified atom stereocenters. The highest BCUT2D eigenvalue weighted by molar-refractivity contribution is 5.78. The molecule has 0 spiro atoms. The van der Waals surface area contributed by atoms with Crippen molar-refractivity contribution in [1.82, 2.24) is 19.6 Å². The van der Waals surface area contributed by atoms with Crippen LogP contribution < -0.4 is 0 Å². The molecule has 27 heavy (non-hydrogen) atoms. The number of likely N-dealkylation sites (tertiary alicyclic amines) is 1. The number of carbonyl (C=O) groups excluding carboxylic acids is 1. The monoisotopic (exact) mass is 366 g/mol. The molecule has 5 nitrogen and oxygen atoms in total. The molecule has 1 aromatic carbocycles. The standard InChI is InChI=1S/C22H30N4O/c1-17-7-6-12-25(15-17)16-21(27)26-13-10-19-20(11-14-26)24(2)23-22(19)18-8-4-3-5-9-18/h3-5,8-9,17H,6-7,10-16H2,1-2H3. The van der Waals surface area contributed by atoms with Crippen LogP contribution in [-0.4, -0.2) is 58.2 Å². The summed E-state index contributed by atoms with van der Waals surface area (Å²) in [6.45, 7) is 6.57. The van der Waals surface area contributed by atoms with Crippen molar-refractivity contribution in [3.63, 3.8) is 0 Å². The molecule has 2 aliphatic rings. The van der Waals surface area contributed by atoms with Gasteiger partial charge in [-0.15, -0.1) is 0 Å². The summed E-state index contributed by atoms with van der Waals surface area (Å²) in [6.07, 6.45) is 4.27. The molecule has 4 rings (SSSR count). The maximum Gasteiger partial charge on any atom is 0.236 e. The second-order valence-corrected chi connectivity index (χ2v) is 8.13. The van der Waals surface area contributed by atoms with E-state index in [1.165, 1.54) is 24.1 Å². The fourth-order valence-corrected chi connectivity index (χ4v) is 4.58. The number of hydrogen-bond acceptors (Lipinski definition) is 3. The zero-order chi connectivity index (χ0) is 18.8. The molecule has 0 N–H and O–H groups in total. The fraction of sp³-hybridized carbons (Fsp3) is 0.545. The quantitative estimate of drug-likeness (QED) is 0.839. The minimum Gasteiger partial charge on any atom is -0.341 e. The highest BCUT2D eigenvalue weighted by Crippen LogP contribution is 2.28. The molecule has 0 saturated carbocycles. The minimum atomic E-state index is 0.283. The first-order valence-corrected chi connectivity index (χ1v) is 10.2. The van der Waals surface area contributed by atoms with Crippen LogP contribution in [0, 0.1) is 5.92 Å². The van der Waals surface area contributed by atoms with E-state index in [1.54, 1.807) is 0 Å². The van der Waals surface area contributed by atoms with E-state index in [4.69, 9.17) is 5.10 Å². The Morgan fingerprint density at radius 1 is 1.15 bits per heavy atom. The lowest BCUT2D eigenvalue weighted by atomic mass is 10.0. The van der Waals surface area contributed by atoms with Gasteiger partial charge in [-0.3, -0.25) is 14.4 Å². The van der Waals surface area contributed by atoms with Crippen LogP contribution in [0.5, 0.6) is 0 Å². The lowest BCUT2D eigenvalue weighted by Crippen LogP contribution is -2.44. The van der Waals surface area contributed by atoms with E-state index in [0.717, 1.165) is 50.3 Å². The SMILES string of the molecule is CC1CCCN(CC(=O)N2CCc3c(-c4ccccc4)nn(C)c3CC2)C1. The summed E-state index contributed by atoms with van der Waals surface area (Å²) in [5.41, 5.74) is 4.82. The number of fused-ring (bicyclic) bond motifs is 1. The Kier molecular flexibility index (Phi) is 5.30. The summed E-state index contributed by atoms with van der Waals surface area (Å²) in [5.74, 6) is 0.991. The van der Waals surface area contributed by atoms with Gasteiger partial charge < -0.3 is 4.90 Å². The van der Waals surface area contributed by atoms with Gasteiger partial charge in [0.2, 0.25) is 5.91 Å². The van der Waals surface area contributed by atoms with Crippen LogP contribution >= 0.6 is 0 Å². The summed E-state index contributed by atoms with van der Waals surface area (Å²) in [6, 6.07) is 10.4. The molecule has 0 aliphatic carbocycles. The van der Waals surface area contributed by atoms with Crippen LogP contribution in [0.25, 0.3) is 11.3 Å². The van der Waals surface area contributed by atoms with Crippen LogP contribution in [0.3, 0.4) is 0 Å². The highest BCUT2D eigenvalue weighted by Gasteiger charge is 2.26. The van der Waals surface area contributed by atoms with Gasteiger partial charge in [0.25, 0.3) is 0 Å². The zero-order valence-electron chi connectivity index (χ0n) is 16.5. The molecule has 3 heterocycles. The molecule has 5 heteroatoms. The molecule has 0 radical (unpaired) electrons. The Morgan fingerprint density at radius 3 is 2.70 bits per heavy atom. The number of carbonyl (C=O) groups is 1. The normalized spacial score (nSPS) is 21.0. The molecule has 0 bridgehead atoms. The Balaban J connectivity index is 1.46. The number of hydrogen-bond donors (Lipinski definition) is 0. The van der Waals surface area contributed by atoms with Crippen LogP contribution in [0.15, 0.2) is 30.3 Å². The van der Waals surface area contributed by atoms with Gasteiger partial charge in [0, 0.05) is 49.9 Å². The van der Waals surface area contributed by atoms with E-state index in [2.05, 4.69) is 41.0 Å². The van der Waals surface area contributed by atoms with Gasteiger partial charge >= 0.3 is 0 Å². The fourth-order valence-electron chi connectivity index (χ4n) is 4.58. The van der Waals surface area contributed by atoms with Gasteiger partial charge in [-0.2, -0.15) is 5.10 Å². The predicted molar refractivity (Wildman–Crippen MR) is 107 cm³/mol. The molecule has 1 aromatic heterocycles. The van der Waals surface area contributed by atoms with Gasteiger partial charge in [0.05, 0.1) is 12.2 Å². The van der Waals surface area contributed by atoms with E-state index in [9.17, 15) is 4.79 Å². The van der Waals surface area contributed by atoms with Crippen molar-refractivity contribution >= 4 is 5.91 Å². The highest BCUT2D eigenvalue weighted by atomic mass is 16.2. The van der Waals surface area contributed by atoms with Crippen molar-refractivity contribution < 1.29 is 4.79 Å². The molecular weight excluding hydrogens is 336 g/mol. The van der Waals surface area contributed by atoms with Crippen molar-refractivity contribution in [2.75, 3.05) is 32.7 Å². The molecular formula is C22H30N4O. The Hall–Kier alpha value is -2.14. The molecule has 1 saturated heterocycles. The van der Waals surface area contributed by atoms with Crippen molar-refractivity contribution in [2.45, 2.75) is 32.6 Å². The largest absolute Gasteiger partial charge is 0.341 e. The first-order chi connectivity index (χ1) is 13.1. The van der Waals surface area contributed by atoms with Crippen molar-refractivity contribution in [3.8, 4) is 11.3 Å². The summed E-state index contributed by atoms with van der Waals surface area (Å²) >= 11 is 0. The first kappa shape index (κ1) is 18.2. The minimum absolute atomic E-state index is 0.283. The predicted octanol–water partition coefficient (Wildman–Crippen LogP) is 2.75. The zero-order valence-corrected chi connectivity index (χ0v) is 16.5. The number of rotatable bonds is 3. The number of piperidine rings is 1. The smallest absolute Gasteiger partial charge is 0.236 e. The third-order valence-corrected chi connectivity index (χ3v) is 6.03. The Morgan fingerprint density at radius 2 is 1.93 bits per heavy atom. The van der Waals surface area contributed by atoms with E-state index >= 15 is 0 Å². The molecule has 2 aromatic rings. The topological polar surface area (TPSA) is 41.4 Å². The number of aryl methyl sites for hydroxylation is 1. The molecule has 2 aliphatic heterocycles. The van der Waals surface area contributed by atoms with Gasteiger partial charge in [-0.25, -0.2) is 0 Å². The molecule has 144 valence electrons. The van der Waals surface area contributed by atoms with Crippen molar-refractivity contribution in [2.24, 2.45) is 13.0 Å². The third kappa shape index (κ3) is 3.93. The average Bonchev–Trinajstić information content (AvgIpc) is 2.84. The molecule has 1 atom stereocenters. The van der Waals surface area contributed by atoms with Crippen molar-refractivity contribution in [3.05, 3.63) is 41.6 Å². The average molecular weight is 367 g/mol. The maximum atomic E-state index is 12.9. The third-order valence-electron chi connectivity index (χ3n) is 6.03. The Labute approximate surface area is 162 Å². The maximum absolute atomic E-state index is 12.9. The van der Waals surface area contributed by atoms with Crippen LogP contribution in [0.2, 0.25) is 0 Å². The second-order valence-electron chi connectivity index (χ2n) is 8.13. The summed E-state index contributed by atoms with van der Waals surface area (Å²) in [7, 11) is 2.03. The van der Waals surface area contributed by atoms with Gasteiger partial charge in [0.15, 0.2) is 0 Å². The Bertz CT molecular complexity index is 798. The summed E-state index contributed by atoms with van der Waals surface area (Å²) in [4.78, 5) is 17.3. The van der Waals surface area contributed by atoms with E-state index in [1.807, 2.05) is 17.8 Å². The van der Waals surface area contributed by atoms with E-state index in [-0.39, 0.29) is 5.91 Å². The second kappa shape index (κ2) is 7.85. The van der Waals surface area contributed by atoms with Crippen LogP contribution in [0.4, 0.5) is 0 Å². The van der Waals surface area contributed by atoms with Crippen LogP contribution in [-0.2, 0) is 24.7 Å². The number of benzene rings is 1. The van der Waals surface area contributed by atoms with Gasteiger partial charge in [-0.05, 0) is 31.7 Å². The number of nitrogens with zero attached hydrogens (tertiary/aromatic N) is 4. The van der Waals surface area contributed by atoms with E-state index in [0.29, 0.717) is 12.5 Å². The summed E-state index contributed by atoms with van der Waals surface area (Å²) < 4.78 is 2.01. The first-order valence-electron chi connectivity index (χ1n) is 10.2. The number of amides is 1. The van der Waals surface area contributed by atoms with Crippen molar-refractivity contribution in [1.29, 1.82) is 0 Å². The lowest BCUT2D eigenvalue weighted by Gasteiger charge is -2.32. The lowest BCUT2D eigenvalue weighted by molar-refractivity contribution is -0.132.